The van der Waals surface area contributed by atoms with E-state index < -0.39 is 0 Å². The molecule has 0 saturated carbocycles. The van der Waals surface area contributed by atoms with E-state index in [0.717, 1.165) is 35.6 Å². The summed E-state index contributed by atoms with van der Waals surface area (Å²) < 4.78 is 0. The summed E-state index contributed by atoms with van der Waals surface area (Å²) in [6.45, 7) is 4.88. The molecule has 2 nitrogen and oxygen atoms in total. The van der Waals surface area contributed by atoms with Crippen LogP contribution in [0.5, 0.6) is 0 Å². The highest BCUT2D eigenvalue weighted by atomic mass is 127. The molecule has 0 spiro atoms. The van der Waals surface area contributed by atoms with Crippen LogP contribution in [0, 0.1) is 0 Å². The van der Waals surface area contributed by atoms with Crippen molar-refractivity contribution in [2.45, 2.75) is 37.0 Å². The fraction of sp³-hybridized carbons (Fsp3) is 0.111. The van der Waals surface area contributed by atoms with E-state index in [-0.39, 0.29) is 5.41 Å². The lowest BCUT2D eigenvalue weighted by Gasteiger charge is -2.37. The van der Waals surface area contributed by atoms with Gasteiger partial charge in [-0.3, -0.25) is 0 Å². The molecule has 8 aromatic carbocycles. The van der Waals surface area contributed by atoms with Crippen molar-refractivity contribution >= 4 is 96.6 Å². The third-order valence-electron chi connectivity index (χ3n) is 10.4. The first kappa shape index (κ1) is 30.5. The van der Waals surface area contributed by atoms with Gasteiger partial charge in [0.15, 0.2) is 0 Å². The van der Waals surface area contributed by atoms with Gasteiger partial charge < -0.3 is 9.80 Å². The molecule has 0 aromatic heterocycles. The largest absolute Gasteiger partial charge is 0.310 e. The Morgan fingerprint density at radius 3 is 1.47 bits per heavy atom. The molecule has 1 aliphatic carbocycles. The topological polar surface area (TPSA) is 6.48 Å². The molecule has 0 amide bonds. The second-order valence-corrected chi connectivity index (χ2v) is 15.6. The lowest BCUT2D eigenvalue weighted by Crippen LogP contribution is -2.24. The standard InChI is InChI=1S/C45H35IN2S/c1-45(2)26-25-30-27-39(47(31-15-7-3-8-16-31)32-17-9-4-10-18-32)35-23-24-36-41(49-46)29-40(37-28-38(45)42(30)44(35)43(36)37)48(33-19-11-5-12-20-33)34-21-13-6-14-22-34/h3-24,27-29H,25-26H2,1-2H3. The first-order valence-electron chi connectivity index (χ1n) is 16.9. The monoisotopic (exact) mass is 762 g/mol. The Balaban J connectivity index is 1.45. The van der Waals surface area contributed by atoms with Crippen LogP contribution in [0.1, 0.15) is 31.4 Å². The van der Waals surface area contributed by atoms with Gasteiger partial charge >= 0.3 is 0 Å². The number of para-hydroxylation sites is 4. The van der Waals surface area contributed by atoms with Crippen molar-refractivity contribution in [1.29, 1.82) is 0 Å². The lowest BCUT2D eigenvalue weighted by atomic mass is 9.70. The van der Waals surface area contributed by atoms with Crippen LogP contribution in [0.2, 0.25) is 0 Å². The van der Waals surface area contributed by atoms with Gasteiger partial charge in [0.25, 0.3) is 0 Å². The molecule has 0 heterocycles. The van der Waals surface area contributed by atoms with Gasteiger partial charge in [0.2, 0.25) is 0 Å². The summed E-state index contributed by atoms with van der Waals surface area (Å²) in [4.78, 5) is 6.19. The van der Waals surface area contributed by atoms with Crippen molar-refractivity contribution in [3.05, 3.63) is 163 Å². The predicted molar refractivity (Wildman–Crippen MR) is 221 cm³/mol. The number of hydrogen-bond acceptors (Lipinski definition) is 3. The zero-order chi connectivity index (χ0) is 33.1. The summed E-state index contributed by atoms with van der Waals surface area (Å²) in [7, 11) is 1.81. The number of rotatable bonds is 7. The molecule has 8 aromatic rings. The highest BCUT2D eigenvalue weighted by Gasteiger charge is 2.33. The zero-order valence-corrected chi connectivity index (χ0v) is 30.5. The van der Waals surface area contributed by atoms with Crippen LogP contribution in [-0.4, -0.2) is 0 Å². The number of benzene rings is 8. The second-order valence-electron chi connectivity index (χ2n) is 13.7. The summed E-state index contributed by atoms with van der Waals surface area (Å²) in [6, 6.07) is 55.6. The average Bonchev–Trinajstić information content (AvgIpc) is 3.15. The maximum absolute atomic E-state index is 2.55. The Morgan fingerprint density at radius 2 is 0.980 bits per heavy atom. The predicted octanol–water partition coefficient (Wildman–Crippen LogP) is 14.2. The van der Waals surface area contributed by atoms with Crippen molar-refractivity contribution in [2.75, 3.05) is 9.80 Å². The van der Waals surface area contributed by atoms with E-state index in [0.29, 0.717) is 0 Å². The third-order valence-corrected chi connectivity index (χ3v) is 12.3. The normalized spacial score (nSPS) is 13.7. The Morgan fingerprint density at radius 1 is 0.510 bits per heavy atom. The van der Waals surface area contributed by atoms with Gasteiger partial charge in [-0.15, -0.1) is 0 Å². The quantitative estimate of drug-likeness (QED) is 0.118. The van der Waals surface area contributed by atoms with Gasteiger partial charge in [-0.1, -0.05) is 108 Å². The zero-order valence-electron chi connectivity index (χ0n) is 27.5. The Kier molecular flexibility index (Phi) is 7.55. The molecule has 0 bridgehead atoms. The first-order valence-corrected chi connectivity index (χ1v) is 20.3. The number of aryl methyl sites for hydroxylation is 1. The molecular weight excluding hydrogens is 727 g/mol. The minimum atomic E-state index is 0.0398. The number of nitrogens with zero attached hydrogens (tertiary/aromatic N) is 2. The molecule has 1 aliphatic rings. The highest BCUT2D eigenvalue weighted by molar-refractivity contribution is 14.2. The summed E-state index contributed by atoms with van der Waals surface area (Å²) in [5.41, 5.74) is 10.0. The smallest absolute Gasteiger partial charge is 0.0552 e. The van der Waals surface area contributed by atoms with Crippen LogP contribution in [0.3, 0.4) is 0 Å². The molecule has 49 heavy (non-hydrogen) atoms. The molecule has 0 radical (unpaired) electrons. The van der Waals surface area contributed by atoms with E-state index in [1.165, 1.54) is 59.7 Å². The van der Waals surface area contributed by atoms with Crippen LogP contribution in [0.15, 0.2) is 157 Å². The highest BCUT2D eigenvalue weighted by Crippen LogP contribution is 2.54. The Labute approximate surface area is 304 Å². The minimum absolute atomic E-state index is 0.0398. The van der Waals surface area contributed by atoms with Crippen LogP contribution in [0.4, 0.5) is 34.1 Å². The van der Waals surface area contributed by atoms with Gasteiger partial charge in [0, 0.05) is 70.4 Å². The van der Waals surface area contributed by atoms with Crippen LogP contribution in [0.25, 0.3) is 32.3 Å². The number of hydrogen-bond donors (Lipinski definition) is 0. The van der Waals surface area contributed by atoms with Gasteiger partial charge in [-0.05, 0) is 107 Å². The van der Waals surface area contributed by atoms with Crippen LogP contribution >= 0.6 is 30.1 Å². The molecule has 0 saturated heterocycles. The molecule has 4 heteroatoms. The summed E-state index contributed by atoms with van der Waals surface area (Å²) in [5, 5.41) is 8.09. The second kappa shape index (κ2) is 12.1. The van der Waals surface area contributed by atoms with Crippen LogP contribution < -0.4 is 9.80 Å². The summed E-state index contributed by atoms with van der Waals surface area (Å²) in [6.07, 6.45) is 2.16. The van der Waals surface area contributed by atoms with Gasteiger partial charge in [0.05, 0.1) is 11.4 Å². The van der Waals surface area contributed by atoms with Crippen molar-refractivity contribution in [2.24, 2.45) is 0 Å². The van der Waals surface area contributed by atoms with Crippen molar-refractivity contribution in [1.82, 2.24) is 0 Å². The van der Waals surface area contributed by atoms with E-state index in [2.05, 4.69) is 197 Å². The van der Waals surface area contributed by atoms with Crippen LogP contribution in [-0.2, 0) is 11.8 Å². The number of halogens is 1. The fourth-order valence-corrected chi connectivity index (χ4v) is 9.53. The molecule has 0 N–H and O–H groups in total. The number of anilines is 6. The van der Waals surface area contributed by atoms with Gasteiger partial charge in [-0.2, -0.15) is 0 Å². The van der Waals surface area contributed by atoms with Gasteiger partial charge in [0.1, 0.15) is 0 Å². The molecule has 0 unspecified atom stereocenters. The minimum Gasteiger partial charge on any atom is -0.310 e. The molecule has 0 fully saturated rings. The maximum atomic E-state index is 2.55. The SMILES string of the molecule is CC1(C)CCc2cc(N(c3ccccc3)c3ccccc3)c3ccc4c(SI)cc(N(c5ccccc5)c5ccccc5)c5cc1c2c3c45. The lowest BCUT2D eigenvalue weighted by molar-refractivity contribution is 0.475. The van der Waals surface area contributed by atoms with Gasteiger partial charge in [-0.25, -0.2) is 0 Å². The summed E-state index contributed by atoms with van der Waals surface area (Å²) >= 11 is 2.48. The molecular formula is C45H35IN2S. The molecule has 0 aliphatic heterocycles. The summed E-state index contributed by atoms with van der Waals surface area (Å²) in [5.74, 6) is 0. The maximum Gasteiger partial charge on any atom is 0.0552 e. The van der Waals surface area contributed by atoms with E-state index in [1.807, 2.05) is 8.93 Å². The van der Waals surface area contributed by atoms with Crippen molar-refractivity contribution in [3.8, 4) is 0 Å². The Hall–Kier alpha value is -4.52. The van der Waals surface area contributed by atoms with E-state index in [4.69, 9.17) is 0 Å². The van der Waals surface area contributed by atoms with E-state index in [1.54, 1.807) is 0 Å². The molecule has 238 valence electrons. The van der Waals surface area contributed by atoms with E-state index >= 15 is 0 Å². The average molecular weight is 763 g/mol. The van der Waals surface area contributed by atoms with E-state index in [9.17, 15) is 0 Å². The Bertz CT molecular complexity index is 2370. The van der Waals surface area contributed by atoms with Crippen molar-refractivity contribution < 1.29 is 0 Å². The molecule has 9 rings (SSSR count). The fourth-order valence-electron chi connectivity index (χ4n) is 8.02. The van der Waals surface area contributed by atoms with Crippen molar-refractivity contribution in [3.63, 3.8) is 0 Å². The first-order chi connectivity index (χ1) is 24.0. The molecule has 0 atom stereocenters. The third kappa shape index (κ3) is 4.99.